The molecule has 0 aromatic heterocycles. The second kappa shape index (κ2) is 8.17. The fourth-order valence-corrected chi connectivity index (χ4v) is 3.40. The number of likely N-dealkylation sites (N-methyl/N-ethyl adjacent to an activating group) is 1. The van der Waals surface area contributed by atoms with Crippen LogP contribution in [0.2, 0.25) is 5.02 Å². The van der Waals surface area contributed by atoms with Crippen LogP contribution in [0.5, 0.6) is 0 Å². The topological polar surface area (TPSA) is 60.9 Å². The first kappa shape index (κ1) is 20.1. The molecule has 6 heteroatoms. The summed E-state index contributed by atoms with van der Waals surface area (Å²) in [5.74, 6) is -1.43. The minimum atomic E-state index is -0.670. The Morgan fingerprint density at radius 3 is 2.25 bits per heavy atom. The Morgan fingerprint density at radius 1 is 1.07 bits per heavy atom. The molecule has 0 radical (unpaired) electrons. The molecule has 1 atom stereocenters. The number of aliphatic hydroxyl groups is 1. The molecule has 1 aliphatic heterocycles. The Morgan fingerprint density at radius 2 is 1.68 bits per heavy atom. The summed E-state index contributed by atoms with van der Waals surface area (Å²) in [7, 11) is 3.81. The summed E-state index contributed by atoms with van der Waals surface area (Å²) in [5.41, 5.74) is 2.39. The van der Waals surface area contributed by atoms with Crippen LogP contribution < -0.4 is 0 Å². The number of carbonyl (C=O) groups is 2. The molecule has 0 bridgehead atoms. The number of nitrogens with zero attached hydrogens (tertiary/aromatic N) is 2. The number of benzene rings is 2. The van der Waals surface area contributed by atoms with Crippen LogP contribution in [0.25, 0.3) is 5.76 Å². The summed E-state index contributed by atoms with van der Waals surface area (Å²) >= 11 is 6.01. The summed E-state index contributed by atoms with van der Waals surface area (Å²) in [6.07, 6.45) is 0. The van der Waals surface area contributed by atoms with Crippen LogP contribution in [-0.4, -0.2) is 53.8 Å². The minimum absolute atomic E-state index is 0.106. The second-order valence-corrected chi connectivity index (χ2v) is 7.65. The lowest BCUT2D eigenvalue weighted by Crippen LogP contribution is -2.35. The second-order valence-electron chi connectivity index (χ2n) is 7.21. The Hall–Kier alpha value is -2.63. The van der Waals surface area contributed by atoms with Gasteiger partial charge < -0.3 is 14.9 Å². The average Bonchev–Trinajstić information content (AvgIpc) is 2.91. The van der Waals surface area contributed by atoms with Crippen molar-refractivity contribution in [1.82, 2.24) is 9.80 Å². The third kappa shape index (κ3) is 3.96. The van der Waals surface area contributed by atoms with Crippen molar-refractivity contribution in [3.63, 3.8) is 0 Å². The molecule has 1 heterocycles. The quantitative estimate of drug-likeness (QED) is 0.474. The molecule has 2 aromatic carbocycles. The van der Waals surface area contributed by atoms with E-state index in [-0.39, 0.29) is 11.3 Å². The fraction of sp³-hybridized carbons (Fsp3) is 0.273. The van der Waals surface area contributed by atoms with Crippen molar-refractivity contribution in [2.24, 2.45) is 0 Å². The van der Waals surface area contributed by atoms with Crippen molar-refractivity contribution < 1.29 is 14.7 Å². The monoisotopic (exact) mass is 398 g/mol. The lowest BCUT2D eigenvalue weighted by atomic mass is 9.95. The van der Waals surface area contributed by atoms with Crippen molar-refractivity contribution in [3.8, 4) is 0 Å². The number of likely N-dealkylation sites (tertiary alicyclic amines) is 1. The summed E-state index contributed by atoms with van der Waals surface area (Å²) in [6, 6.07) is 13.5. The zero-order valence-electron chi connectivity index (χ0n) is 16.1. The number of amides is 1. The maximum atomic E-state index is 12.8. The maximum Gasteiger partial charge on any atom is 0.295 e. The van der Waals surface area contributed by atoms with E-state index in [1.54, 1.807) is 36.4 Å². The molecule has 0 spiro atoms. The highest BCUT2D eigenvalue weighted by atomic mass is 35.5. The summed E-state index contributed by atoms with van der Waals surface area (Å²) in [5, 5.41) is 11.5. The zero-order chi connectivity index (χ0) is 20.4. The number of ketones is 1. The lowest BCUT2D eigenvalue weighted by Gasteiger charge is -2.26. The number of aryl methyl sites for hydroxylation is 1. The molecule has 1 N–H and O–H groups in total. The first-order valence-corrected chi connectivity index (χ1v) is 9.43. The Bertz CT molecular complexity index is 918. The molecule has 3 rings (SSSR count). The number of rotatable bonds is 5. The van der Waals surface area contributed by atoms with Gasteiger partial charge in [-0.05, 0) is 38.7 Å². The van der Waals surface area contributed by atoms with E-state index in [1.807, 2.05) is 38.1 Å². The molecule has 1 unspecified atom stereocenters. The van der Waals surface area contributed by atoms with E-state index < -0.39 is 17.7 Å². The summed E-state index contributed by atoms with van der Waals surface area (Å²) in [4.78, 5) is 29.1. The van der Waals surface area contributed by atoms with Gasteiger partial charge in [-0.2, -0.15) is 0 Å². The van der Waals surface area contributed by atoms with Crippen LogP contribution in [0.4, 0.5) is 0 Å². The van der Waals surface area contributed by atoms with Crippen LogP contribution >= 0.6 is 11.6 Å². The average molecular weight is 399 g/mol. The molecule has 5 nitrogen and oxygen atoms in total. The minimum Gasteiger partial charge on any atom is -0.507 e. The molecule has 1 fully saturated rings. The highest BCUT2D eigenvalue weighted by molar-refractivity contribution is 6.46. The van der Waals surface area contributed by atoms with Crippen LogP contribution in [0.1, 0.15) is 22.7 Å². The van der Waals surface area contributed by atoms with Crippen molar-refractivity contribution in [1.29, 1.82) is 0 Å². The maximum absolute atomic E-state index is 12.8. The van der Waals surface area contributed by atoms with Gasteiger partial charge in [-0.1, -0.05) is 53.6 Å². The molecule has 0 saturated carbocycles. The van der Waals surface area contributed by atoms with Crippen molar-refractivity contribution in [2.75, 3.05) is 27.2 Å². The van der Waals surface area contributed by atoms with Crippen molar-refractivity contribution in [3.05, 3.63) is 75.8 Å². The standard InChI is InChI=1S/C22H23ClN2O3/c1-14-4-6-16(7-5-14)20(26)18-19(15-8-10-17(23)11-9-15)25(13-12-24(2)3)22(28)21(18)27/h4-11,19,26H,12-13H2,1-3H3/b20-18-. The van der Waals surface area contributed by atoms with Gasteiger partial charge in [-0.25, -0.2) is 0 Å². The SMILES string of the molecule is Cc1ccc(/C(O)=C2/C(=O)C(=O)N(CCN(C)C)C2c2ccc(Cl)cc2)cc1. The number of Topliss-reactive ketones (excluding diaryl/α,β-unsaturated/α-hetero) is 1. The van der Waals surface area contributed by atoms with Crippen molar-refractivity contribution in [2.45, 2.75) is 13.0 Å². The molecule has 2 aromatic rings. The van der Waals surface area contributed by atoms with Crippen LogP contribution in [-0.2, 0) is 9.59 Å². The molecular weight excluding hydrogens is 376 g/mol. The van der Waals surface area contributed by atoms with Gasteiger partial charge in [-0.15, -0.1) is 0 Å². The van der Waals surface area contributed by atoms with Gasteiger partial charge in [0.05, 0.1) is 11.6 Å². The predicted molar refractivity (Wildman–Crippen MR) is 110 cm³/mol. The fourth-order valence-electron chi connectivity index (χ4n) is 3.28. The largest absolute Gasteiger partial charge is 0.507 e. The van der Waals surface area contributed by atoms with E-state index in [4.69, 9.17) is 11.6 Å². The van der Waals surface area contributed by atoms with Gasteiger partial charge >= 0.3 is 0 Å². The molecule has 1 amide bonds. The predicted octanol–water partition coefficient (Wildman–Crippen LogP) is 3.63. The summed E-state index contributed by atoms with van der Waals surface area (Å²) in [6.45, 7) is 2.91. The highest BCUT2D eigenvalue weighted by Gasteiger charge is 2.45. The summed E-state index contributed by atoms with van der Waals surface area (Å²) < 4.78 is 0. The van der Waals surface area contributed by atoms with Crippen LogP contribution in [0.3, 0.4) is 0 Å². The first-order chi connectivity index (χ1) is 13.3. The van der Waals surface area contributed by atoms with E-state index in [0.29, 0.717) is 23.7 Å². The first-order valence-electron chi connectivity index (χ1n) is 9.05. The van der Waals surface area contributed by atoms with Gasteiger partial charge in [0.1, 0.15) is 5.76 Å². The number of hydrogen-bond donors (Lipinski definition) is 1. The van der Waals surface area contributed by atoms with E-state index in [9.17, 15) is 14.7 Å². The molecule has 28 heavy (non-hydrogen) atoms. The number of hydrogen-bond acceptors (Lipinski definition) is 4. The van der Waals surface area contributed by atoms with E-state index in [0.717, 1.165) is 11.1 Å². The van der Waals surface area contributed by atoms with Crippen LogP contribution in [0.15, 0.2) is 54.1 Å². The number of carbonyl (C=O) groups excluding carboxylic acids is 2. The molecular formula is C22H23ClN2O3. The normalized spacial score (nSPS) is 18.9. The third-order valence-corrected chi connectivity index (χ3v) is 5.09. The van der Waals surface area contributed by atoms with Gasteiger partial charge in [0.25, 0.3) is 11.7 Å². The number of halogens is 1. The van der Waals surface area contributed by atoms with Crippen molar-refractivity contribution >= 4 is 29.1 Å². The molecule has 1 saturated heterocycles. The van der Waals surface area contributed by atoms with Gasteiger partial charge in [0.15, 0.2) is 0 Å². The molecule has 1 aliphatic rings. The number of aliphatic hydroxyl groups excluding tert-OH is 1. The smallest absolute Gasteiger partial charge is 0.295 e. The Labute approximate surface area is 169 Å². The third-order valence-electron chi connectivity index (χ3n) is 4.84. The van der Waals surface area contributed by atoms with Crippen LogP contribution in [0, 0.1) is 6.92 Å². The van der Waals surface area contributed by atoms with Gasteiger partial charge in [-0.3, -0.25) is 9.59 Å². The Kier molecular flexibility index (Phi) is 5.87. The van der Waals surface area contributed by atoms with E-state index in [1.165, 1.54) is 4.90 Å². The van der Waals surface area contributed by atoms with E-state index in [2.05, 4.69) is 0 Å². The zero-order valence-corrected chi connectivity index (χ0v) is 16.9. The molecule has 0 aliphatic carbocycles. The molecule has 146 valence electrons. The van der Waals surface area contributed by atoms with Gasteiger partial charge in [0.2, 0.25) is 0 Å². The Balaban J connectivity index is 2.13. The van der Waals surface area contributed by atoms with E-state index >= 15 is 0 Å². The lowest BCUT2D eigenvalue weighted by molar-refractivity contribution is -0.140. The highest BCUT2D eigenvalue weighted by Crippen LogP contribution is 2.39. The van der Waals surface area contributed by atoms with Gasteiger partial charge in [0, 0.05) is 23.7 Å².